The van der Waals surface area contributed by atoms with Gasteiger partial charge in [-0.2, -0.15) is 0 Å². The number of nitrogens with one attached hydrogen (secondary N) is 1. The molecule has 1 amide bonds. The van der Waals surface area contributed by atoms with Gasteiger partial charge in [-0.1, -0.05) is 30.3 Å². The first-order valence-electron chi connectivity index (χ1n) is 8.55. The second-order valence-electron chi connectivity index (χ2n) is 5.86. The summed E-state index contributed by atoms with van der Waals surface area (Å²) in [6.07, 6.45) is 1.42. The third-order valence-corrected chi connectivity index (χ3v) is 3.98. The van der Waals surface area contributed by atoms with Crippen LogP contribution in [0.2, 0.25) is 0 Å². The molecule has 0 fully saturated rings. The van der Waals surface area contributed by atoms with Crippen LogP contribution in [-0.4, -0.2) is 17.1 Å². The van der Waals surface area contributed by atoms with E-state index in [0.717, 1.165) is 0 Å². The lowest BCUT2D eigenvalue weighted by Crippen LogP contribution is -2.23. The molecule has 0 unspecified atom stereocenters. The molecule has 3 aromatic rings. The quantitative estimate of drug-likeness (QED) is 0.724. The van der Waals surface area contributed by atoms with Crippen molar-refractivity contribution in [3.05, 3.63) is 94.2 Å². The summed E-state index contributed by atoms with van der Waals surface area (Å²) in [6, 6.07) is 16.1. The summed E-state index contributed by atoms with van der Waals surface area (Å²) in [5, 5.41) is 2.78. The second kappa shape index (κ2) is 8.31. The van der Waals surface area contributed by atoms with Crippen LogP contribution in [0.15, 0.2) is 71.7 Å². The van der Waals surface area contributed by atoms with Crippen LogP contribution >= 0.6 is 0 Å². The SMILES string of the molecule is CCOc1ccccc1NC(=O)c1ccc(=O)n(Cc2ccccc2F)c1. The van der Waals surface area contributed by atoms with Gasteiger partial charge in [-0.15, -0.1) is 0 Å². The Balaban J connectivity index is 1.84. The number of para-hydroxylation sites is 2. The summed E-state index contributed by atoms with van der Waals surface area (Å²) < 4.78 is 20.7. The number of aromatic nitrogens is 1. The minimum atomic E-state index is -0.398. The summed E-state index contributed by atoms with van der Waals surface area (Å²) in [7, 11) is 0. The number of nitrogens with zero attached hydrogens (tertiary/aromatic N) is 1. The lowest BCUT2D eigenvalue weighted by atomic mass is 10.2. The van der Waals surface area contributed by atoms with E-state index in [1.54, 1.807) is 36.4 Å². The van der Waals surface area contributed by atoms with Crippen LogP contribution in [-0.2, 0) is 6.54 Å². The first-order chi connectivity index (χ1) is 13.1. The van der Waals surface area contributed by atoms with E-state index < -0.39 is 5.82 Å². The van der Waals surface area contributed by atoms with Gasteiger partial charge in [0.15, 0.2) is 0 Å². The highest BCUT2D eigenvalue weighted by molar-refractivity contribution is 6.04. The number of pyridine rings is 1. The van der Waals surface area contributed by atoms with Gasteiger partial charge in [-0.25, -0.2) is 4.39 Å². The standard InChI is InChI=1S/C21H19FN2O3/c1-2-27-19-10-6-5-9-18(19)23-21(26)16-11-12-20(25)24(14-16)13-15-7-3-4-8-17(15)22/h3-12,14H,2,13H2,1H3,(H,23,26). The summed E-state index contributed by atoms with van der Waals surface area (Å²) in [4.78, 5) is 24.7. The van der Waals surface area contributed by atoms with E-state index in [9.17, 15) is 14.0 Å². The molecular formula is C21H19FN2O3. The molecule has 27 heavy (non-hydrogen) atoms. The van der Waals surface area contributed by atoms with Gasteiger partial charge in [0.1, 0.15) is 11.6 Å². The van der Waals surface area contributed by atoms with Crippen molar-refractivity contribution < 1.29 is 13.9 Å². The molecule has 1 heterocycles. The summed E-state index contributed by atoms with van der Waals surface area (Å²) in [5.74, 6) is -0.220. The topological polar surface area (TPSA) is 60.3 Å². The van der Waals surface area contributed by atoms with Crippen molar-refractivity contribution in [2.75, 3.05) is 11.9 Å². The van der Waals surface area contributed by atoms with Crippen LogP contribution in [0.5, 0.6) is 5.75 Å². The number of rotatable bonds is 6. The predicted octanol–water partition coefficient (Wildman–Crippen LogP) is 3.69. The molecule has 0 aliphatic carbocycles. The molecule has 3 rings (SSSR count). The van der Waals surface area contributed by atoms with Crippen LogP contribution in [0, 0.1) is 5.82 Å². The Morgan fingerprint density at radius 3 is 2.59 bits per heavy atom. The molecule has 2 aromatic carbocycles. The minimum absolute atomic E-state index is 0.0438. The highest BCUT2D eigenvalue weighted by Crippen LogP contribution is 2.24. The molecule has 0 atom stereocenters. The first kappa shape index (κ1) is 18.4. The average Bonchev–Trinajstić information content (AvgIpc) is 2.67. The zero-order chi connectivity index (χ0) is 19.2. The van der Waals surface area contributed by atoms with Crippen molar-refractivity contribution in [2.24, 2.45) is 0 Å². The molecule has 5 nitrogen and oxygen atoms in total. The fraction of sp³-hybridized carbons (Fsp3) is 0.143. The molecule has 0 aliphatic heterocycles. The highest BCUT2D eigenvalue weighted by Gasteiger charge is 2.12. The third-order valence-electron chi connectivity index (χ3n) is 3.98. The van der Waals surface area contributed by atoms with Gasteiger partial charge in [0, 0.05) is 17.8 Å². The number of hydrogen-bond donors (Lipinski definition) is 1. The van der Waals surface area contributed by atoms with Gasteiger partial charge in [-0.05, 0) is 31.2 Å². The lowest BCUT2D eigenvalue weighted by molar-refractivity contribution is 0.102. The van der Waals surface area contributed by atoms with Gasteiger partial charge in [0.05, 0.1) is 24.4 Å². The van der Waals surface area contributed by atoms with E-state index in [0.29, 0.717) is 23.6 Å². The number of ether oxygens (including phenoxy) is 1. The molecule has 138 valence electrons. The Labute approximate surface area is 156 Å². The number of halogens is 1. The number of hydrogen-bond acceptors (Lipinski definition) is 3. The summed E-state index contributed by atoms with van der Waals surface area (Å²) >= 11 is 0. The van der Waals surface area contributed by atoms with Crippen molar-refractivity contribution in [1.29, 1.82) is 0 Å². The van der Waals surface area contributed by atoms with E-state index in [1.165, 1.54) is 29.0 Å². The molecule has 1 aromatic heterocycles. The highest BCUT2D eigenvalue weighted by atomic mass is 19.1. The maximum atomic E-state index is 13.9. The van der Waals surface area contributed by atoms with Crippen LogP contribution in [0.4, 0.5) is 10.1 Å². The monoisotopic (exact) mass is 366 g/mol. The van der Waals surface area contributed by atoms with E-state index >= 15 is 0 Å². The lowest BCUT2D eigenvalue weighted by Gasteiger charge is -2.12. The molecule has 1 N–H and O–H groups in total. The molecule has 6 heteroatoms. The van der Waals surface area contributed by atoms with Crippen LogP contribution in [0.25, 0.3) is 0 Å². The zero-order valence-corrected chi connectivity index (χ0v) is 14.8. The van der Waals surface area contributed by atoms with Crippen LogP contribution < -0.4 is 15.6 Å². The summed E-state index contributed by atoms with van der Waals surface area (Å²) in [6.45, 7) is 2.37. The van der Waals surface area contributed by atoms with Gasteiger partial charge >= 0.3 is 0 Å². The van der Waals surface area contributed by atoms with E-state index in [2.05, 4.69) is 5.32 Å². The predicted molar refractivity (Wildman–Crippen MR) is 102 cm³/mol. The number of anilines is 1. The minimum Gasteiger partial charge on any atom is -0.492 e. The van der Waals surface area contributed by atoms with Crippen LogP contribution in [0.3, 0.4) is 0 Å². The number of carbonyl (C=O) groups is 1. The fourth-order valence-electron chi connectivity index (χ4n) is 2.65. The molecular weight excluding hydrogens is 347 g/mol. The molecule has 0 spiro atoms. The van der Waals surface area contributed by atoms with Crippen molar-refractivity contribution >= 4 is 11.6 Å². The largest absolute Gasteiger partial charge is 0.492 e. The fourth-order valence-corrected chi connectivity index (χ4v) is 2.65. The third kappa shape index (κ3) is 4.41. The summed E-state index contributed by atoms with van der Waals surface area (Å²) in [5.41, 5.74) is 0.886. The van der Waals surface area contributed by atoms with Gasteiger partial charge in [-0.3, -0.25) is 9.59 Å². The van der Waals surface area contributed by atoms with Crippen LogP contribution in [0.1, 0.15) is 22.8 Å². The van der Waals surface area contributed by atoms with Crippen molar-refractivity contribution in [3.8, 4) is 5.75 Å². The van der Waals surface area contributed by atoms with Crippen molar-refractivity contribution in [3.63, 3.8) is 0 Å². The Bertz CT molecular complexity index is 1010. The molecule has 0 saturated carbocycles. The van der Waals surface area contributed by atoms with Gasteiger partial charge < -0.3 is 14.6 Å². The Morgan fingerprint density at radius 1 is 1.07 bits per heavy atom. The van der Waals surface area contributed by atoms with Gasteiger partial charge in [0.25, 0.3) is 11.5 Å². The molecule has 0 bridgehead atoms. The van der Waals surface area contributed by atoms with E-state index in [-0.39, 0.29) is 23.6 Å². The number of benzene rings is 2. The maximum Gasteiger partial charge on any atom is 0.257 e. The first-order valence-corrected chi connectivity index (χ1v) is 8.55. The Kier molecular flexibility index (Phi) is 5.66. The zero-order valence-electron chi connectivity index (χ0n) is 14.8. The number of amides is 1. The Morgan fingerprint density at radius 2 is 1.81 bits per heavy atom. The van der Waals surface area contributed by atoms with E-state index in [1.807, 2.05) is 13.0 Å². The van der Waals surface area contributed by atoms with Crippen molar-refractivity contribution in [1.82, 2.24) is 4.57 Å². The van der Waals surface area contributed by atoms with Crippen molar-refractivity contribution in [2.45, 2.75) is 13.5 Å². The van der Waals surface area contributed by atoms with Gasteiger partial charge in [0.2, 0.25) is 0 Å². The molecule has 0 aliphatic rings. The Hall–Kier alpha value is -3.41. The number of carbonyl (C=O) groups excluding carboxylic acids is 1. The second-order valence-corrected chi connectivity index (χ2v) is 5.86. The normalized spacial score (nSPS) is 10.4. The van der Waals surface area contributed by atoms with E-state index in [4.69, 9.17) is 4.74 Å². The average molecular weight is 366 g/mol. The molecule has 0 radical (unpaired) electrons. The molecule has 0 saturated heterocycles. The smallest absolute Gasteiger partial charge is 0.257 e. The maximum absolute atomic E-state index is 13.9.